The maximum Gasteiger partial charge on any atom is 0.227 e. The summed E-state index contributed by atoms with van der Waals surface area (Å²) in [5.74, 6) is 0.283. The summed E-state index contributed by atoms with van der Waals surface area (Å²) >= 11 is 0. The Labute approximate surface area is 142 Å². The van der Waals surface area contributed by atoms with Crippen molar-refractivity contribution in [1.82, 2.24) is 19.9 Å². The highest BCUT2D eigenvalue weighted by Crippen LogP contribution is 2.69. The molecule has 5 nitrogen and oxygen atoms in total. The number of hydrogen-bond donors (Lipinski definition) is 1. The van der Waals surface area contributed by atoms with E-state index >= 15 is 0 Å². The number of imidazole rings is 1. The highest BCUT2D eigenvalue weighted by Gasteiger charge is 2.69. The van der Waals surface area contributed by atoms with Crippen LogP contribution in [0.1, 0.15) is 50.8 Å². The lowest BCUT2D eigenvalue weighted by molar-refractivity contribution is -0.136. The minimum Gasteiger partial charge on any atom is -0.348 e. The Hall–Kier alpha value is -2.17. The predicted octanol–water partition coefficient (Wildman–Crippen LogP) is 2.96. The van der Waals surface area contributed by atoms with Crippen LogP contribution in [0.15, 0.2) is 30.7 Å². The van der Waals surface area contributed by atoms with E-state index < -0.39 is 0 Å². The summed E-state index contributed by atoms with van der Waals surface area (Å²) in [5.41, 5.74) is 3.00. The van der Waals surface area contributed by atoms with Gasteiger partial charge >= 0.3 is 0 Å². The SMILES string of the molecule is CC1(C)C(C(=O)N2CCc3[nH]cnc3[C@@H]2c2ccccn2)C1(C)C. The van der Waals surface area contributed by atoms with Gasteiger partial charge in [-0.25, -0.2) is 4.98 Å². The van der Waals surface area contributed by atoms with Crippen LogP contribution in [0.2, 0.25) is 0 Å². The molecule has 1 aliphatic carbocycles. The molecule has 1 saturated carbocycles. The first-order chi connectivity index (χ1) is 11.4. The van der Waals surface area contributed by atoms with Crippen LogP contribution in [0.4, 0.5) is 0 Å². The van der Waals surface area contributed by atoms with Gasteiger partial charge in [0.15, 0.2) is 0 Å². The zero-order chi connectivity index (χ0) is 17.1. The van der Waals surface area contributed by atoms with Gasteiger partial charge in [0, 0.05) is 30.8 Å². The van der Waals surface area contributed by atoms with Gasteiger partial charge in [-0.15, -0.1) is 0 Å². The molecular formula is C19H24N4O. The van der Waals surface area contributed by atoms with Crippen molar-refractivity contribution in [3.8, 4) is 0 Å². The van der Waals surface area contributed by atoms with Crippen LogP contribution < -0.4 is 0 Å². The fourth-order valence-corrected chi connectivity index (χ4v) is 4.33. The molecule has 2 aromatic rings. The number of pyridine rings is 1. The first-order valence-corrected chi connectivity index (χ1v) is 8.59. The molecule has 0 spiro atoms. The molecule has 0 saturated heterocycles. The second kappa shape index (κ2) is 4.91. The summed E-state index contributed by atoms with van der Waals surface area (Å²) in [6, 6.07) is 5.66. The molecule has 2 aromatic heterocycles. The molecule has 3 heterocycles. The Kier molecular flexibility index (Phi) is 3.15. The molecule has 0 radical (unpaired) electrons. The van der Waals surface area contributed by atoms with Gasteiger partial charge in [-0.05, 0) is 23.0 Å². The lowest BCUT2D eigenvalue weighted by Gasteiger charge is -2.35. The van der Waals surface area contributed by atoms with E-state index in [1.54, 1.807) is 12.5 Å². The number of aromatic amines is 1. The number of carbonyl (C=O) groups is 1. The molecule has 4 rings (SSSR count). The molecular weight excluding hydrogens is 300 g/mol. The van der Waals surface area contributed by atoms with Crippen LogP contribution in [0.5, 0.6) is 0 Å². The molecule has 24 heavy (non-hydrogen) atoms. The molecule has 126 valence electrons. The van der Waals surface area contributed by atoms with Gasteiger partial charge < -0.3 is 9.88 Å². The molecule has 5 heteroatoms. The van der Waals surface area contributed by atoms with Crippen LogP contribution in [0.25, 0.3) is 0 Å². The largest absolute Gasteiger partial charge is 0.348 e. The molecule has 1 atom stereocenters. The summed E-state index contributed by atoms with van der Waals surface area (Å²) in [6.07, 6.45) is 4.32. The number of hydrogen-bond acceptors (Lipinski definition) is 3. The zero-order valence-corrected chi connectivity index (χ0v) is 14.7. The van der Waals surface area contributed by atoms with E-state index in [4.69, 9.17) is 0 Å². The lowest BCUT2D eigenvalue weighted by atomic mass is 9.97. The quantitative estimate of drug-likeness (QED) is 0.924. The van der Waals surface area contributed by atoms with Crippen LogP contribution in [0, 0.1) is 16.7 Å². The van der Waals surface area contributed by atoms with Crippen molar-refractivity contribution >= 4 is 5.91 Å². The van der Waals surface area contributed by atoms with Gasteiger partial charge in [0.05, 0.1) is 17.7 Å². The van der Waals surface area contributed by atoms with Gasteiger partial charge in [-0.3, -0.25) is 9.78 Å². The summed E-state index contributed by atoms with van der Waals surface area (Å²) in [7, 11) is 0. The normalized spacial score (nSPS) is 24.5. The van der Waals surface area contributed by atoms with Crippen LogP contribution >= 0.6 is 0 Å². The average molecular weight is 324 g/mol. The number of nitrogens with zero attached hydrogens (tertiary/aromatic N) is 3. The molecule has 1 aliphatic heterocycles. The maximum atomic E-state index is 13.4. The summed E-state index contributed by atoms with van der Waals surface area (Å²) in [6.45, 7) is 9.47. The smallest absolute Gasteiger partial charge is 0.227 e. The number of rotatable bonds is 2. The van der Waals surface area contributed by atoms with Crippen molar-refractivity contribution in [2.24, 2.45) is 16.7 Å². The topological polar surface area (TPSA) is 61.9 Å². The molecule has 2 aliphatic rings. The van der Waals surface area contributed by atoms with Crippen LogP contribution in [0.3, 0.4) is 0 Å². The fraction of sp³-hybridized carbons (Fsp3) is 0.526. The molecule has 0 unspecified atom stereocenters. The van der Waals surface area contributed by atoms with E-state index in [1.165, 1.54) is 0 Å². The molecule has 1 fully saturated rings. The van der Waals surface area contributed by atoms with E-state index in [1.807, 2.05) is 23.1 Å². The van der Waals surface area contributed by atoms with Crippen molar-refractivity contribution in [1.29, 1.82) is 0 Å². The molecule has 0 aromatic carbocycles. The minimum atomic E-state index is -0.194. The second-order valence-electron chi connectivity index (χ2n) is 8.08. The first-order valence-electron chi connectivity index (χ1n) is 8.59. The molecule has 0 bridgehead atoms. The Morgan fingerprint density at radius 1 is 1.21 bits per heavy atom. The lowest BCUT2D eigenvalue weighted by Crippen LogP contribution is -2.42. The molecule has 1 N–H and O–H groups in total. The van der Waals surface area contributed by atoms with E-state index in [-0.39, 0.29) is 28.7 Å². The summed E-state index contributed by atoms with van der Waals surface area (Å²) in [4.78, 5) is 27.6. The van der Waals surface area contributed by atoms with Crippen LogP contribution in [-0.2, 0) is 11.2 Å². The van der Waals surface area contributed by atoms with E-state index in [0.717, 1.165) is 23.5 Å². The second-order valence-corrected chi connectivity index (χ2v) is 8.08. The molecule has 1 amide bonds. The van der Waals surface area contributed by atoms with E-state index in [0.29, 0.717) is 6.54 Å². The summed E-state index contributed by atoms with van der Waals surface area (Å²) < 4.78 is 0. The predicted molar refractivity (Wildman–Crippen MR) is 91.1 cm³/mol. The number of nitrogens with one attached hydrogen (secondary N) is 1. The third kappa shape index (κ3) is 1.96. The van der Waals surface area contributed by atoms with Crippen LogP contribution in [-0.4, -0.2) is 32.3 Å². The van der Waals surface area contributed by atoms with Crippen molar-refractivity contribution in [3.05, 3.63) is 47.8 Å². The van der Waals surface area contributed by atoms with E-state index in [2.05, 4.69) is 42.6 Å². The van der Waals surface area contributed by atoms with Crippen molar-refractivity contribution < 1.29 is 4.79 Å². The van der Waals surface area contributed by atoms with E-state index in [9.17, 15) is 4.79 Å². The van der Waals surface area contributed by atoms with Gasteiger partial charge in [0.1, 0.15) is 6.04 Å². The third-order valence-electron chi connectivity index (χ3n) is 6.44. The third-order valence-corrected chi connectivity index (χ3v) is 6.44. The van der Waals surface area contributed by atoms with Gasteiger partial charge in [0.2, 0.25) is 5.91 Å². The monoisotopic (exact) mass is 324 g/mol. The average Bonchev–Trinajstić information content (AvgIpc) is 2.89. The zero-order valence-electron chi connectivity index (χ0n) is 14.7. The highest BCUT2D eigenvalue weighted by molar-refractivity contribution is 5.85. The Bertz CT molecular complexity index is 764. The van der Waals surface area contributed by atoms with Crippen molar-refractivity contribution in [2.45, 2.75) is 40.2 Å². The van der Waals surface area contributed by atoms with Crippen molar-refractivity contribution in [3.63, 3.8) is 0 Å². The Balaban J connectivity index is 1.74. The highest BCUT2D eigenvalue weighted by atomic mass is 16.2. The fourth-order valence-electron chi connectivity index (χ4n) is 4.33. The number of carbonyl (C=O) groups excluding carboxylic acids is 1. The van der Waals surface area contributed by atoms with Crippen molar-refractivity contribution in [2.75, 3.05) is 6.54 Å². The first kappa shape index (κ1) is 15.4. The number of aromatic nitrogens is 3. The number of fused-ring (bicyclic) bond motifs is 1. The van der Waals surface area contributed by atoms with Gasteiger partial charge in [0.25, 0.3) is 0 Å². The van der Waals surface area contributed by atoms with Gasteiger partial charge in [-0.2, -0.15) is 0 Å². The maximum absolute atomic E-state index is 13.4. The Morgan fingerprint density at radius 2 is 1.96 bits per heavy atom. The standard InChI is InChI=1S/C19H24N4O/c1-18(2)16(19(18,3)4)17(24)23-10-8-12-14(22-11-21-12)15(23)13-7-5-6-9-20-13/h5-7,9,11,15-16H,8,10H2,1-4H3,(H,21,22)/t15-/m0/s1. The van der Waals surface area contributed by atoms with Gasteiger partial charge in [-0.1, -0.05) is 33.8 Å². The summed E-state index contributed by atoms with van der Waals surface area (Å²) in [5, 5.41) is 0. The number of amides is 1. The minimum absolute atomic E-state index is 0.0323. The number of H-pyrrole nitrogens is 1. The Morgan fingerprint density at radius 3 is 2.58 bits per heavy atom.